The first kappa shape index (κ1) is 13.2. The molecule has 3 aromatic carbocycles. The molecule has 21 heavy (non-hydrogen) atoms. The Morgan fingerprint density at radius 3 is 2.00 bits per heavy atom. The number of rotatable bonds is 2. The Labute approximate surface area is 122 Å². The van der Waals surface area contributed by atoms with Gasteiger partial charge in [-0.3, -0.25) is 0 Å². The predicted octanol–water partition coefficient (Wildman–Crippen LogP) is 4.45. The van der Waals surface area contributed by atoms with E-state index in [1.165, 1.54) is 18.2 Å². The second-order valence-electron chi connectivity index (χ2n) is 4.80. The minimum atomic E-state index is -0.339. The first-order chi connectivity index (χ1) is 10.2. The molecule has 104 valence electrons. The second kappa shape index (κ2) is 5.29. The molecule has 3 heteroatoms. The molecule has 3 rings (SSSR count). The van der Waals surface area contributed by atoms with Crippen LogP contribution in [0.15, 0.2) is 66.7 Å². The summed E-state index contributed by atoms with van der Waals surface area (Å²) >= 11 is 0. The van der Waals surface area contributed by atoms with Gasteiger partial charge < -0.3 is 10.8 Å². The van der Waals surface area contributed by atoms with Gasteiger partial charge in [-0.1, -0.05) is 42.5 Å². The zero-order valence-corrected chi connectivity index (χ0v) is 11.3. The molecule has 0 unspecified atom stereocenters. The molecule has 0 saturated carbocycles. The van der Waals surface area contributed by atoms with Crippen molar-refractivity contribution < 1.29 is 9.50 Å². The van der Waals surface area contributed by atoms with Crippen molar-refractivity contribution in [2.45, 2.75) is 0 Å². The topological polar surface area (TPSA) is 46.2 Å². The molecule has 0 atom stereocenters. The van der Waals surface area contributed by atoms with E-state index >= 15 is 0 Å². The van der Waals surface area contributed by atoms with Crippen LogP contribution in [-0.4, -0.2) is 5.11 Å². The Bertz CT molecular complexity index is 767. The van der Waals surface area contributed by atoms with E-state index in [1.807, 2.05) is 30.3 Å². The van der Waals surface area contributed by atoms with Crippen LogP contribution in [-0.2, 0) is 0 Å². The van der Waals surface area contributed by atoms with Crippen molar-refractivity contribution in [1.82, 2.24) is 0 Å². The third kappa shape index (κ3) is 2.46. The summed E-state index contributed by atoms with van der Waals surface area (Å²) in [7, 11) is 0. The van der Waals surface area contributed by atoms with E-state index < -0.39 is 0 Å². The van der Waals surface area contributed by atoms with Crippen LogP contribution in [0.1, 0.15) is 0 Å². The predicted molar refractivity (Wildman–Crippen MR) is 83.3 cm³/mol. The van der Waals surface area contributed by atoms with Crippen LogP contribution >= 0.6 is 0 Å². The van der Waals surface area contributed by atoms with Crippen molar-refractivity contribution in [3.8, 4) is 28.0 Å². The summed E-state index contributed by atoms with van der Waals surface area (Å²) in [6.45, 7) is 0. The lowest BCUT2D eigenvalue weighted by Gasteiger charge is -2.14. The van der Waals surface area contributed by atoms with Gasteiger partial charge in [-0.2, -0.15) is 0 Å². The molecule has 0 heterocycles. The highest BCUT2D eigenvalue weighted by Gasteiger charge is 2.15. The lowest BCUT2D eigenvalue weighted by Crippen LogP contribution is -1.96. The molecule has 0 fully saturated rings. The van der Waals surface area contributed by atoms with Gasteiger partial charge in [0.25, 0.3) is 0 Å². The zero-order valence-electron chi connectivity index (χ0n) is 11.3. The van der Waals surface area contributed by atoms with Crippen LogP contribution in [0.2, 0.25) is 0 Å². The van der Waals surface area contributed by atoms with Crippen molar-refractivity contribution in [3.05, 3.63) is 72.5 Å². The summed E-state index contributed by atoms with van der Waals surface area (Å²) in [5, 5.41) is 9.40. The van der Waals surface area contributed by atoms with Gasteiger partial charge in [0.2, 0.25) is 0 Å². The quantitative estimate of drug-likeness (QED) is 0.681. The number of aromatic hydroxyl groups is 1. The maximum Gasteiger partial charge on any atom is 0.131 e. The molecule has 0 aliphatic heterocycles. The molecular formula is C18H14FNO. The van der Waals surface area contributed by atoms with Crippen LogP contribution in [0.5, 0.6) is 5.75 Å². The van der Waals surface area contributed by atoms with E-state index in [-0.39, 0.29) is 11.6 Å². The number of anilines is 1. The highest BCUT2D eigenvalue weighted by Crippen LogP contribution is 2.38. The second-order valence-corrected chi connectivity index (χ2v) is 4.80. The van der Waals surface area contributed by atoms with Crippen LogP contribution in [0.25, 0.3) is 22.3 Å². The Kier molecular flexibility index (Phi) is 3.32. The molecule has 0 aliphatic rings. The van der Waals surface area contributed by atoms with Gasteiger partial charge in [-0.15, -0.1) is 0 Å². The van der Waals surface area contributed by atoms with Crippen molar-refractivity contribution in [2.75, 3.05) is 5.73 Å². The summed E-state index contributed by atoms with van der Waals surface area (Å²) in [5.41, 5.74) is 9.24. The minimum absolute atomic E-state index is 0.143. The first-order valence-electron chi connectivity index (χ1n) is 6.59. The lowest BCUT2D eigenvalue weighted by molar-refractivity contribution is 0.475. The summed E-state index contributed by atoms with van der Waals surface area (Å²) in [5.74, 6) is -0.196. The third-order valence-corrected chi connectivity index (χ3v) is 3.41. The number of phenolic OH excluding ortho intramolecular Hbond substituents is 1. The Hall–Kier alpha value is -2.81. The van der Waals surface area contributed by atoms with E-state index in [0.29, 0.717) is 22.4 Å². The molecule has 0 radical (unpaired) electrons. The highest BCUT2D eigenvalue weighted by atomic mass is 19.1. The minimum Gasteiger partial charge on any atom is -0.508 e. The molecule has 2 nitrogen and oxygen atoms in total. The van der Waals surface area contributed by atoms with Crippen LogP contribution < -0.4 is 5.73 Å². The van der Waals surface area contributed by atoms with Gasteiger partial charge in [-0.05, 0) is 35.4 Å². The number of halogens is 1. The Morgan fingerprint density at radius 2 is 1.33 bits per heavy atom. The fraction of sp³-hybridized carbons (Fsp3) is 0. The smallest absolute Gasteiger partial charge is 0.131 e. The Balaban J connectivity index is 2.29. The van der Waals surface area contributed by atoms with E-state index in [2.05, 4.69) is 0 Å². The number of hydrogen-bond donors (Lipinski definition) is 2. The fourth-order valence-electron chi connectivity index (χ4n) is 2.42. The highest BCUT2D eigenvalue weighted by molar-refractivity contribution is 5.91. The zero-order chi connectivity index (χ0) is 14.8. The lowest BCUT2D eigenvalue weighted by atomic mass is 9.92. The number of benzene rings is 3. The van der Waals surface area contributed by atoms with Gasteiger partial charge in [0, 0.05) is 16.8 Å². The Morgan fingerprint density at radius 1 is 0.714 bits per heavy atom. The molecule has 0 spiro atoms. The maximum absolute atomic E-state index is 14.4. The van der Waals surface area contributed by atoms with Crippen molar-refractivity contribution in [3.63, 3.8) is 0 Å². The molecule has 0 saturated heterocycles. The fourth-order valence-corrected chi connectivity index (χ4v) is 2.42. The van der Waals surface area contributed by atoms with Crippen LogP contribution in [0.3, 0.4) is 0 Å². The average molecular weight is 279 g/mol. The SMILES string of the molecule is Nc1ccc(F)c(-c2ccc(O)cc2)c1-c1ccccc1. The third-order valence-electron chi connectivity index (χ3n) is 3.41. The summed E-state index contributed by atoms with van der Waals surface area (Å²) < 4.78 is 14.4. The van der Waals surface area contributed by atoms with E-state index in [9.17, 15) is 9.50 Å². The van der Waals surface area contributed by atoms with Gasteiger partial charge in [0.1, 0.15) is 11.6 Å². The van der Waals surface area contributed by atoms with Gasteiger partial charge in [-0.25, -0.2) is 4.39 Å². The number of nitrogen functional groups attached to an aromatic ring is 1. The van der Waals surface area contributed by atoms with Crippen LogP contribution in [0, 0.1) is 5.82 Å². The summed E-state index contributed by atoms with van der Waals surface area (Å²) in [6, 6.07) is 18.8. The standard InChI is InChI=1S/C18H14FNO/c19-15-10-11-16(20)18(12-4-2-1-3-5-12)17(15)13-6-8-14(21)9-7-13/h1-11,21H,20H2. The first-order valence-corrected chi connectivity index (χ1v) is 6.59. The van der Waals surface area contributed by atoms with E-state index in [0.717, 1.165) is 5.56 Å². The van der Waals surface area contributed by atoms with Gasteiger partial charge >= 0.3 is 0 Å². The molecular weight excluding hydrogens is 265 g/mol. The monoisotopic (exact) mass is 279 g/mol. The summed E-state index contributed by atoms with van der Waals surface area (Å²) in [4.78, 5) is 0. The van der Waals surface area contributed by atoms with E-state index in [1.54, 1.807) is 18.2 Å². The number of nitrogens with two attached hydrogens (primary N) is 1. The van der Waals surface area contributed by atoms with Gasteiger partial charge in [0.05, 0.1) is 0 Å². The largest absolute Gasteiger partial charge is 0.508 e. The molecule has 3 aromatic rings. The van der Waals surface area contributed by atoms with E-state index in [4.69, 9.17) is 5.73 Å². The van der Waals surface area contributed by atoms with Crippen molar-refractivity contribution in [1.29, 1.82) is 0 Å². The average Bonchev–Trinajstić information content (AvgIpc) is 2.51. The maximum atomic E-state index is 14.4. The molecule has 0 bridgehead atoms. The number of hydrogen-bond acceptors (Lipinski definition) is 2. The van der Waals surface area contributed by atoms with Crippen LogP contribution in [0.4, 0.5) is 10.1 Å². The van der Waals surface area contributed by atoms with Gasteiger partial charge in [0.15, 0.2) is 0 Å². The molecule has 0 aromatic heterocycles. The normalized spacial score (nSPS) is 10.5. The molecule has 3 N–H and O–H groups in total. The molecule has 0 amide bonds. The molecule has 0 aliphatic carbocycles. The number of phenols is 1. The summed E-state index contributed by atoms with van der Waals surface area (Å²) in [6.07, 6.45) is 0. The van der Waals surface area contributed by atoms with Crippen molar-refractivity contribution in [2.24, 2.45) is 0 Å². The van der Waals surface area contributed by atoms with Crippen molar-refractivity contribution >= 4 is 5.69 Å².